The van der Waals surface area contributed by atoms with Gasteiger partial charge in [-0.15, -0.1) is 11.3 Å². The zero-order valence-electron chi connectivity index (χ0n) is 16.6. The summed E-state index contributed by atoms with van der Waals surface area (Å²) in [5.74, 6) is -0.684. The van der Waals surface area contributed by atoms with Gasteiger partial charge in [0.1, 0.15) is 17.1 Å². The highest BCUT2D eigenvalue weighted by molar-refractivity contribution is 7.98. The van der Waals surface area contributed by atoms with Crippen LogP contribution in [0.1, 0.15) is 56.0 Å². The Balaban J connectivity index is 1.63. The summed E-state index contributed by atoms with van der Waals surface area (Å²) >= 11 is 2.99. The molecule has 1 aliphatic carbocycles. The van der Waals surface area contributed by atoms with Crippen molar-refractivity contribution in [3.05, 3.63) is 51.4 Å². The number of imide groups is 1. The first-order valence-corrected chi connectivity index (χ1v) is 12.1. The molecule has 1 unspecified atom stereocenters. The van der Waals surface area contributed by atoms with Gasteiger partial charge in [0.05, 0.1) is 16.7 Å². The molecule has 1 N–H and O–H groups in total. The number of anilines is 1. The number of nitrogens with zero attached hydrogens (tertiary/aromatic N) is 2. The molecule has 0 saturated carbocycles. The van der Waals surface area contributed by atoms with Crippen LogP contribution in [0.25, 0.3) is 0 Å². The molecular formula is C22H21N3O3S2. The average Bonchev–Trinajstić information content (AvgIpc) is 3.23. The number of amides is 3. The van der Waals surface area contributed by atoms with Crippen molar-refractivity contribution < 1.29 is 14.4 Å². The lowest BCUT2D eigenvalue weighted by Gasteiger charge is -2.25. The SMILES string of the molecule is CSCCC(C(=O)Nc1sc2c(c1C#N)CCCC2)N1C(=O)c2ccccc2C1=O. The number of carbonyl (C=O) groups is 3. The van der Waals surface area contributed by atoms with E-state index in [-0.39, 0.29) is 0 Å². The van der Waals surface area contributed by atoms with Crippen LogP contribution >= 0.6 is 23.1 Å². The van der Waals surface area contributed by atoms with Crippen LogP contribution in [0.4, 0.5) is 5.00 Å². The number of nitrogens with one attached hydrogen (secondary N) is 1. The van der Waals surface area contributed by atoms with E-state index in [1.54, 1.807) is 36.0 Å². The Kier molecular flexibility index (Phi) is 5.93. The predicted molar refractivity (Wildman–Crippen MR) is 118 cm³/mol. The average molecular weight is 440 g/mol. The predicted octanol–water partition coefficient (Wildman–Crippen LogP) is 3.85. The van der Waals surface area contributed by atoms with E-state index in [4.69, 9.17) is 0 Å². The lowest BCUT2D eigenvalue weighted by atomic mass is 9.96. The third kappa shape index (κ3) is 3.53. The maximum Gasteiger partial charge on any atom is 0.262 e. The summed E-state index contributed by atoms with van der Waals surface area (Å²) in [6, 6.07) is 7.95. The van der Waals surface area contributed by atoms with Crippen LogP contribution in [-0.2, 0) is 17.6 Å². The van der Waals surface area contributed by atoms with Gasteiger partial charge in [-0.25, -0.2) is 0 Å². The van der Waals surface area contributed by atoms with Gasteiger partial charge in [-0.3, -0.25) is 19.3 Å². The Morgan fingerprint density at radius 3 is 2.53 bits per heavy atom. The van der Waals surface area contributed by atoms with Gasteiger partial charge in [-0.05, 0) is 61.8 Å². The normalized spacial score (nSPS) is 16.1. The number of aryl methyl sites for hydroxylation is 1. The molecule has 3 amide bonds. The van der Waals surface area contributed by atoms with Gasteiger partial charge in [0.2, 0.25) is 5.91 Å². The molecule has 1 aliphatic heterocycles. The molecule has 0 spiro atoms. The highest BCUT2D eigenvalue weighted by Crippen LogP contribution is 2.38. The number of rotatable bonds is 6. The van der Waals surface area contributed by atoms with E-state index in [1.165, 1.54) is 11.3 Å². The zero-order chi connectivity index (χ0) is 21.3. The van der Waals surface area contributed by atoms with Crippen molar-refractivity contribution in [3.63, 3.8) is 0 Å². The molecule has 0 fully saturated rings. The van der Waals surface area contributed by atoms with Crippen molar-refractivity contribution in [2.45, 2.75) is 38.1 Å². The molecular weight excluding hydrogens is 418 g/mol. The van der Waals surface area contributed by atoms with Crippen LogP contribution in [0, 0.1) is 11.3 Å². The molecule has 2 heterocycles. The van der Waals surface area contributed by atoms with Gasteiger partial charge < -0.3 is 5.32 Å². The second-order valence-corrected chi connectivity index (χ2v) is 9.43. The first-order valence-electron chi connectivity index (χ1n) is 9.88. The van der Waals surface area contributed by atoms with Crippen molar-refractivity contribution in [3.8, 4) is 6.07 Å². The van der Waals surface area contributed by atoms with E-state index in [2.05, 4.69) is 11.4 Å². The summed E-state index contributed by atoms with van der Waals surface area (Å²) in [6.07, 6.45) is 6.15. The maximum atomic E-state index is 13.3. The Hall–Kier alpha value is -2.63. The van der Waals surface area contributed by atoms with Crippen molar-refractivity contribution in [2.75, 3.05) is 17.3 Å². The molecule has 6 nitrogen and oxygen atoms in total. The number of fused-ring (bicyclic) bond motifs is 2. The Labute approximate surface area is 183 Å². The number of nitriles is 1. The van der Waals surface area contributed by atoms with Crippen molar-refractivity contribution in [2.24, 2.45) is 0 Å². The number of benzene rings is 1. The monoisotopic (exact) mass is 439 g/mol. The fourth-order valence-corrected chi connectivity index (χ4v) is 5.77. The molecule has 30 heavy (non-hydrogen) atoms. The lowest BCUT2D eigenvalue weighted by molar-refractivity contribution is -0.120. The highest BCUT2D eigenvalue weighted by atomic mass is 32.2. The molecule has 1 atom stereocenters. The first-order chi connectivity index (χ1) is 14.6. The molecule has 0 bridgehead atoms. The number of hydrogen-bond donors (Lipinski definition) is 1. The van der Waals surface area contributed by atoms with Crippen molar-refractivity contribution in [1.82, 2.24) is 4.90 Å². The summed E-state index contributed by atoms with van der Waals surface area (Å²) in [6.45, 7) is 0. The number of thioether (sulfide) groups is 1. The van der Waals surface area contributed by atoms with E-state index in [0.29, 0.717) is 33.9 Å². The minimum Gasteiger partial charge on any atom is -0.315 e. The molecule has 0 radical (unpaired) electrons. The van der Waals surface area contributed by atoms with Crippen molar-refractivity contribution >= 4 is 45.8 Å². The van der Waals surface area contributed by atoms with E-state index in [1.807, 2.05) is 6.26 Å². The van der Waals surface area contributed by atoms with Crippen LogP contribution in [0.3, 0.4) is 0 Å². The third-order valence-electron chi connectivity index (χ3n) is 5.56. The third-order valence-corrected chi connectivity index (χ3v) is 7.41. The van der Waals surface area contributed by atoms with Gasteiger partial charge in [0.25, 0.3) is 11.8 Å². The van der Waals surface area contributed by atoms with Crippen LogP contribution in [0.15, 0.2) is 24.3 Å². The smallest absolute Gasteiger partial charge is 0.262 e. The molecule has 1 aromatic heterocycles. The first kappa shape index (κ1) is 20.6. The summed E-state index contributed by atoms with van der Waals surface area (Å²) < 4.78 is 0. The molecule has 8 heteroatoms. The number of hydrogen-bond acceptors (Lipinski definition) is 6. The molecule has 0 saturated heterocycles. The minimum absolute atomic E-state index is 0.328. The molecule has 2 aromatic rings. The van der Waals surface area contributed by atoms with Gasteiger partial charge in [-0.2, -0.15) is 17.0 Å². The van der Waals surface area contributed by atoms with Crippen molar-refractivity contribution in [1.29, 1.82) is 5.26 Å². The van der Waals surface area contributed by atoms with Crippen LogP contribution < -0.4 is 5.32 Å². The van der Waals surface area contributed by atoms with Crippen LogP contribution in [0.2, 0.25) is 0 Å². The van der Waals surface area contributed by atoms with Gasteiger partial charge >= 0.3 is 0 Å². The van der Waals surface area contributed by atoms with E-state index in [0.717, 1.165) is 41.0 Å². The molecule has 2 aliphatic rings. The Bertz CT molecular complexity index is 1040. The van der Waals surface area contributed by atoms with Gasteiger partial charge in [0.15, 0.2) is 0 Å². The maximum absolute atomic E-state index is 13.3. The fraction of sp³-hybridized carbons (Fsp3) is 0.364. The summed E-state index contributed by atoms with van der Waals surface area (Å²) in [4.78, 5) is 41.3. The van der Waals surface area contributed by atoms with Crippen LogP contribution in [-0.4, -0.2) is 40.7 Å². The topological polar surface area (TPSA) is 90.3 Å². The second-order valence-electron chi connectivity index (χ2n) is 7.34. The molecule has 4 rings (SSSR count). The zero-order valence-corrected chi connectivity index (χ0v) is 18.2. The van der Waals surface area contributed by atoms with Crippen LogP contribution in [0.5, 0.6) is 0 Å². The standard InChI is InChI=1S/C22H21N3O3S2/c1-29-11-10-17(25-21(27)14-7-2-3-8-15(14)22(25)28)19(26)24-20-16(12-23)13-6-4-5-9-18(13)30-20/h2-3,7-8,17H,4-6,9-11H2,1H3,(H,24,26). The lowest BCUT2D eigenvalue weighted by Crippen LogP contribution is -2.47. The van der Waals surface area contributed by atoms with E-state index < -0.39 is 23.8 Å². The molecule has 1 aromatic carbocycles. The summed E-state index contributed by atoms with van der Waals surface area (Å²) in [5, 5.41) is 13.1. The van der Waals surface area contributed by atoms with Gasteiger partial charge in [-0.1, -0.05) is 12.1 Å². The highest BCUT2D eigenvalue weighted by Gasteiger charge is 2.42. The largest absolute Gasteiger partial charge is 0.315 e. The number of thiophene rings is 1. The van der Waals surface area contributed by atoms with E-state index in [9.17, 15) is 19.6 Å². The van der Waals surface area contributed by atoms with E-state index >= 15 is 0 Å². The fourth-order valence-electron chi connectivity index (χ4n) is 4.07. The summed E-state index contributed by atoms with van der Waals surface area (Å²) in [5.41, 5.74) is 2.21. The minimum atomic E-state index is -0.921. The number of carbonyl (C=O) groups excluding carboxylic acids is 3. The Morgan fingerprint density at radius 2 is 1.90 bits per heavy atom. The Morgan fingerprint density at radius 1 is 1.23 bits per heavy atom. The second kappa shape index (κ2) is 8.62. The summed E-state index contributed by atoms with van der Waals surface area (Å²) in [7, 11) is 0. The molecule has 154 valence electrons. The van der Waals surface area contributed by atoms with Gasteiger partial charge in [0, 0.05) is 4.88 Å². The quantitative estimate of drug-likeness (QED) is 0.691.